The van der Waals surface area contributed by atoms with E-state index in [1.54, 1.807) is 36.4 Å². The smallest absolute Gasteiger partial charge is 0.157 e. The fourth-order valence-electron chi connectivity index (χ4n) is 1.81. The molecule has 2 aromatic rings. The third kappa shape index (κ3) is 4.93. The Labute approximate surface area is 124 Å². The first-order valence-electron chi connectivity index (χ1n) is 6.46. The summed E-state index contributed by atoms with van der Waals surface area (Å²) in [6.45, 7) is 0.0983. The number of sulfone groups is 1. The van der Waals surface area contributed by atoms with Gasteiger partial charge in [0.1, 0.15) is 12.4 Å². The Morgan fingerprint density at radius 1 is 1.00 bits per heavy atom. The second-order valence-corrected chi connectivity index (χ2v) is 6.75. The van der Waals surface area contributed by atoms with Crippen molar-refractivity contribution in [3.8, 4) is 11.8 Å². The third-order valence-corrected chi connectivity index (χ3v) is 4.44. The van der Waals surface area contributed by atoms with Crippen LogP contribution in [0.5, 0.6) is 5.75 Å². The van der Waals surface area contributed by atoms with E-state index in [0.29, 0.717) is 11.3 Å². The highest BCUT2D eigenvalue weighted by Crippen LogP contribution is 2.12. The molecule has 2 aromatic carbocycles. The second kappa shape index (κ2) is 6.91. The monoisotopic (exact) mass is 301 g/mol. The summed E-state index contributed by atoms with van der Waals surface area (Å²) in [7, 11) is -3.19. The minimum Gasteiger partial charge on any atom is -0.493 e. The van der Waals surface area contributed by atoms with Crippen molar-refractivity contribution in [1.29, 1.82) is 5.26 Å². The Morgan fingerprint density at radius 3 is 2.29 bits per heavy atom. The van der Waals surface area contributed by atoms with E-state index in [4.69, 9.17) is 10.00 Å². The molecule has 0 atom stereocenters. The van der Waals surface area contributed by atoms with Gasteiger partial charge in [0.05, 0.1) is 23.1 Å². The molecule has 0 amide bonds. The number of benzene rings is 2. The van der Waals surface area contributed by atoms with E-state index in [-0.39, 0.29) is 18.1 Å². The minimum absolute atomic E-state index is 0.0184. The lowest BCUT2D eigenvalue weighted by Gasteiger charge is -2.07. The number of hydrogen-bond donors (Lipinski definition) is 0. The molecule has 0 aliphatic rings. The van der Waals surface area contributed by atoms with Crippen LogP contribution < -0.4 is 4.74 Å². The molecule has 0 fully saturated rings. The lowest BCUT2D eigenvalue weighted by molar-refractivity contribution is 0.341. The summed E-state index contributed by atoms with van der Waals surface area (Å²) >= 11 is 0. The molecule has 0 saturated heterocycles. The number of hydrogen-bond acceptors (Lipinski definition) is 4. The SMILES string of the molecule is N#Cc1ccc(OCCS(=O)(=O)Cc2ccccc2)cc1. The first kappa shape index (κ1) is 15.1. The molecule has 5 heteroatoms. The number of ether oxygens (including phenoxy) is 1. The van der Waals surface area contributed by atoms with Gasteiger partial charge in [-0.3, -0.25) is 0 Å². The predicted octanol–water partition coefficient (Wildman–Crippen LogP) is 2.55. The Hall–Kier alpha value is -2.32. The second-order valence-electron chi connectivity index (χ2n) is 4.56. The summed E-state index contributed by atoms with van der Waals surface area (Å²) in [4.78, 5) is 0. The zero-order valence-electron chi connectivity index (χ0n) is 11.4. The summed E-state index contributed by atoms with van der Waals surface area (Å²) in [5, 5.41) is 8.68. The third-order valence-electron chi connectivity index (χ3n) is 2.88. The summed E-state index contributed by atoms with van der Waals surface area (Å²) in [5.74, 6) is 0.538. The minimum atomic E-state index is -3.19. The van der Waals surface area contributed by atoms with E-state index < -0.39 is 9.84 Å². The Bertz CT molecular complexity index is 716. The molecule has 0 N–H and O–H groups in total. The van der Waals surface area contributed by atoms with Gasteiger partial charge in [-0.15, -0.1) is 0 Å². The zero-order chi connectivity index (χ0) is 15.1. The summed E-state index contributed by atoms with van der Waals surface area (Å²) in [6, 6.07) is 17.7. The molecular weight excluding hydrogens is 286 g/mol. The van der Waals surface area contributed by atoms with E-state index >= 15 is 0 Å². The fourth-order valence-corrected chi connectivity index (χ4v) is 2.99. The molecule has 0 heterocycles. The number of nitrogens with zero attached hydrogens (tertiary/aromatic N) is 1. The van der Waals surface area contributed by atoms with Crippen molar-refractivity contribution in [3.63, 3.8) is 0 Å². The number of rotatable bonds is 6. The molecule has 0 aliphatic carbocycles. The Morgan fingerprint density at radius 2 is 1.67 bits per heavy atom. The normalized spacial score (nSPS) is 10.8. The van der Waals surface area contributed by atoms with Crippen molar-refractivity contribution in [2.75, 3.05) is 12.4 Å². The maximum absolute atomic E-state index is 12.0. The highest BCUT2D eigenvalue weighted by Gasteiger charge is 2.12. The van der Waals surface area contributed by atoms with Crippen LogP contribution in [0.25, 0.3) is 0 Å². The quantitative estimate of drug-likeness (QED) is 0.822. The fraction of sp³-hybridized carbons (Fsp3) is 0.188. The van der Waals surface area contributed by atoms with Gasteiger partial charge in [-0.1, -0.05) is 30.3 Å². The maximum Gasteiger partial charge on any atom is 0.157 e. The van der Waals surface area contributed by atoms with Crippen molar-refractivity contribution in [3.05, 3.63) is 65.7 Å². The van der Waals surface area contributed by atoms with Crippen LogP contribution in [0.1, 0.15) is 11.1 Å². The largest absolute Gasteiger partial charge is 0.493 e. The lowest BCUT2D eigenvalue weighted by atomic mass is 10.2. The molecule has 0 radical (unpaired) electrons. The number of nitriles is 1. The first-order chi connectivity index (χ1) is 10.1. The van der Waals surface area contributed by atoms with Crippen molar-refractivity contribution >= 4 is 9.84 Å². The molecule has 0 aromatic heterocycles. The molecule has 0 aliphatic heterocycles. The maximum atomic E-state index is 12.0. The van der Waals surface area contributed by atoms with Crippen LogP contribution in [0, 0.1) is 11.3 Å². The van der Waals surface area contributed by atoms with Gasteiger partial charge in [-0.25, -0.2) is 8.42 Å². The topological polar surface area (TPSA) is 67.2 Å². The van der Waals surface area contributed by atoms with Crippen LogP contribution in [-0.4, -0.2) is 20.8 Å². The first-order valence-corrected chi connectivity index (χ1v) is 8.28. The van der Waals surface area contributed by atoms with Gasteiger partial charge >= 0.3 is 0 Å². The van der Waals surface area contributed by atoms with E-state index in [9.17, 15) is 8.42 Å². The van der Waals surface area contributed by atoms with Gasteiger partial charge in [0, 0.05) is 0 Å². The van der Waals surface area contributed by atoms with Gasteiger partial charge in [-0.2, -0.15) is 5.26 Å². The van der Waals surface area contributed by atoms with E-state index in [2.05, 4.69) is 0 Å². The Kier molecular flexibility index (Phi) is 4.96. The summed E-state index contributed by atoms with van der Waals surface area (Å²) in [6.07, 6.45) is 0. The standard InChI is InChI=1S/C16H15NO3S/c17-12-14-6-8-16(9-7-14)20-10-11-21(18,19)13-15-4-2-1-3-5-15/h1-9H,10-11,13H2. The molecule has 2 rings (SSSR count). The predicted molar refractivity (Wildman–Crippen MR) is 80.6 cm³/mol. The van der Waals surface area contributed by atoms with E-state index in [0.717, 1.165) is 5.56 Å². The van der Waals surface area contributed by atoms with Gasteiger partial charge in [0.2, 0.25) is 0 Å². The Balaban J connectivity index is 1.86. The average molecular weight is 301 g/mol. The zero-order valence-corrected chi connectivity index (χ0v) is 12.2. The van der Waals surface area contributed by atoms with E-state index in [1.165, 1.54) is 0 Å². The molecule has 0 spiro atoms. The highest BCUT2D eigenvalue weighted by molar-refractivity contribution is 7.90. The van der Waals surface area contributed by atoms with Gasteiger partial charge in [-0.05, 0) is 29.8 Å². The van der Waals surface area contributed by atoms with Crippen molar-refractivity contribution in [1.82, 2.24) is 0 Å². The van der Waals surface area contributed by atoms with Crippen LogP contribution in [0.15, 0.2) is 54.6 Å². The average Bonchev–Trinajstić information content (AvgIpc) is 2.48. The van der Waals surface area contributed by atoms with Crippen LogP contribution in [0.4, 0.5) is 0 Å². The molecule has 108 valence electrons. The molecule has 0 unspecified atom stereocenters. The molecule has 0 saturated carbocycles. The summed E-state index contributed by atoms with van der Waals surface area (Å²) in [5.41, 5.74) is 1.31. The summed E-state index contributed by atoms with van der Waals surface area (Å²) < 4.78 is 29.3. The van der Waals surface area contributed by atoms with Gasteiger partial charge < -0.3 is 4.74 Å². The molecule has 0 bridgehead atoms. The lowest BCUT2D eigenvalue weighted by Crippen LogP contribution is -2.15. The molecule has 4 nitrogen and oxygen atoms in total. The van der Waals surface area contributed by atoms with Crippen LogP contribution in [0.2, 0.25) is 0 Å². The molecular formula is C16H15NO3S. The van der Waals surface area contributed by atoms with Crippen molar-refractivity contribution < 1.29 is 13.2 Å². The van der Waals surface area contributed by atoms with Crippen LogP contribution >= 0.6 is 0 Å². The molecule has 21 heavy (non-hydrogen) atoms. The van der Waals surface area contributed by atoms with Gasteiger partial charge in [0.25, 0.3) is 0 Å². The highest BCUT2D eigenvalue weighted by atomic mass is 32.2. The van der Waals surface area contributed by atoms with E-state index in [1.807, 2.05) is 24.3 Å². The van der Waals surface area contributed by atoms with Crippen molar-refractivity contribution in [2.45, 2.75) is 5.75 Å². The van der Waals surface area contributed by atoms with Gasteiger partial charge in [0.15, 0.2) is 9.84 Å². The van der Waals surface area contributed by atoms with Crippen LogP contribution in [-0.2, 0) is 15.6 Å². The van der Waals surface area contributed by atoms with Crippen molar-refractivity contribution in [2.24, 2.45) is 0 Å². The van der Waals surface area contributed by atoms with Crippen LogP contribution in [0.3, 0.4) is 0 Å².